The van der Waals surface area contributed by atoms with E-state index in [2.05, 4.69) is 193 Å². The molecule has 0 bridgehead atoms. The third-order valence-electron chi connectivity index (χ3n) is 13.7. The highest BCUT2D eigenvalue weighted by Crippen LogP contribution is 2.63. The van der Waals surface area contributed by atoms with Crippen molar-refractivity contribution in [3.8, 4) is 28.3 Å². The molecule has 312 valence electrons. The van der Waals surface area contributed by atoms with Crippen molar-refractivity contribution in [2.75, 3.05) is 0 Å². The van der Waals surface area contributed by atoms with Crippen molar-refractivity contribution < 1.29 is 4.74 Å². The lowest BCUT2D eigenvalue weighted by Crippen LogP contribution is -2.32. The Kier molecular flexibility index (Phi) is 8.71. The van der Waals surface area contributed by atoms with E-state index in [1.807, 2.05) is 35.6 Å². The number of nitrogens with zero attached hydrogens (tertiary/aromatic N) is 3. The van der Waals surface area contributed by atoms with Crippen LogP contribution in [-0.2, 0) is 5.41 Å². The maximum atomic E-state index is 6.74. The van der Waals surface area contributed by atoms with E-state index in [1.165, 1.54) is 53.1 Å². The molecule has 0 amide bonds. The Labute approximate surface area is 386 Å². The summed E-state index contributed by atoms with van der Waals surface area (Å²) in [6.45, 7) is 6.93. The van der Waals surface area contributed by atoms with Crippen LogP contribution in [0.2, 0.25) is 0 Å². The summed E-state index contributed by atoms with van der Waals surface area (Å²) in [5.41, 5.74) is 14.2. The van der Waals surface area contributed by atoms with Gasteiger partial charge in [-0.3, -0.25) is 0 Å². The van der Waals surface area contributed by atoms with Gasteiger partial charge in [-0.25, -0.2) is 9.98 Å². The van der Waals surface area contributed by atoms with Gasteiger partial charge < -0.3 is 9.30 Å². The predicted octanol–water partition coefficient (Wildman–Crippen LogP) is 15.9. The highest BCUT2D eigenvalue weighted by Gasteiger charge is 2.51. The Morgan fingerprint density at radius 2 is 1.21 bits per heavy atom. The number of para-hydroxylation sites is 3. The zero-order valence-electron chi connectivity index (χ0n) is 36.2. The summed E-state index contributed by atoms with van der Waals surface area (Å²) >= 11 is 1.88. The average molecular weight is 864 g/mol. The molecule has 11 aromatic rings. The smallest absolute Gasteiger partial charge is 0.160 e. The number of aromatic nitrogens is 1. The molecule has 3 heterocycles. The summed E-state index contributed by atoms with van der Waals surface area (Å²) in [4.78, 5) is 10.7. The quantitative estimate of drug-likeness (QED) is 0.121. The van der Waals surface area contributed by atoms with Gasteiger partial charge in [-0.1, -0.05) is 177 Å². The molecule has 1 aliphatic heterocycles. The topological polar surface area (TPSA) is 38.9 Å². The molecule has 4 nitrogen and oxygen atoms in total. The molecule has 2 aromatic heterocycles. The number of aliphatic imine (C=N–C) groups is 2. The van der Waals surface area contributed by atoms with Gasteiger partial charge in [0.05, 0.1) is 22.1 Å². The minimum atomic E-state index is -0.679. The van der Waals surface area contributed by atoms with Crippen LogP contribution in [-0.4, -0.2) is 16.1 Å². The van der Waals surface area contributed by atoms with Crippen molar-refractivity contribution in [3.05, 3.63) is 252 Å². The van der Waals surface area contributed by atoms with E-state index in [-0.39, 0.29) is 0 Å². The first-order chi connectivity index (χ1) is 32.6. The fraction of sp³-hybridized carbons (Fsp3) is 0.0492. The molecule has 0 saturated heterocycles. The molecular formula is C61H41N3OS. The molecule has 0 saturated carbocycles. The first-order valence-electron chi connectivity index (χ1n) is 22.6. The normalized spacial score (nSPS) is 13.8. The lowest BCUT2D eigenvalue weighted by molar-refractivity contribution is 0.436. The maximum Gasteiger partial charge on any atom is 0.160 e. The molecule has 0 atom stereocenters. The van der Waals surface area contributed by atoms with Gasteiger partial charge in [0.15, 0.2) is 5.84 Å². The monoisotopic (exact) mass is 863 g/mol. The van der Waals surface area contributed by atoms with Crippen LogP contribution < -0.4 is 4.74 Å². The molecule has 66 heavy (non-hydrogen) atoms. The van der Waals surface area contributed by atoms with Gasteiger partial charge in [-0.15, -0.1) is 11.3 Å². The molecule has 9 aromatic carbocycles. The fourth-order valence-corrected chi connectivity index (χ4v) is 12.1. The number of amidine groups is 1. The highest BCUT2D eigenvalue weighted by atomic mass is 32.1. The molecule has 1 aliphatic carbocycles. The Morgan fingerprint density at radius 3 is 1.97 bits per heavy atom. The number of ether oxygens (including phenoxy) is 1. The summed E-state index contributed by atoms with van der Waals surface area (Å²) in [5, 5.41) is 5.13. The Bertz CT molecular complexity index is 3810. The van der Waals surface area contributed by atoms with Gasteiger partial charge in [0.1, 0.15) is 11.5 Å². The largest absolute Gasteiger partial charge is 0.457 e. The van der Waals surface area contributed by atoms with Crippen LogP contribution in [0.4, 0.5) is 0 Å². The van der Waals surface area contributed by atoms with Crippen LogP contribution in [0.5, 0.6) is 11.5 Å². The molecule has 0 fully saturated rings. The number of hydrogen-bond donors (Lipinski definition) is 0. The van der Waals surface area contributed by atoms with Crippen LogP contribution in [0.25, 0.3) is 64.5 Å². The third kappa shape index (κ3) is 5.57. The van der Waals surface area contributed by atoms with Gasteiger partial charge in [0.25, 0.3) is 0 Å². The standard InChI is InChI=1S/C61H41N3OS/c1-3-51(39-19-6-4-7-20-39)63-60(40-21-8-5-9-22-40)62-38(2)42-25-18-28-50-57(42)46-37-41(33-35-47(46)61(50)48-26-12-15-30-54(48)65-55-31-16-13-27-49(55)61)64-52-29-14-10-24-45(52)58-53(64)36-34-44-43-23-11-17-32-56(43)66-59(44)58/h4-37H,2-3H2,1H3. The van der Waals surface area contributed by atoms with E-state index in [1.54, 1.807) is 0 Å². The van der Waals surface area contributed by atoms with Crippen LogP contribution in [0, 0.1) is 0 Å². The minimum Gasteiger partial charge on any atom is -0.457 e. The van der Waals surface area contributed by atoms with Crippen molar-refractivity contribution in [1.29, 1.82) is 0 Å². The van der Waals surface area contributed by atoms with Gasteiger partial charge in [-0.2, -0.15) is 0 Å². The summed E-state index contributed by atoms with van der Waals surface area (Å²) in [6, 6.07) is 73.7. The van der Waals surface area contributed by atoms with E-state index in [0.29, 0.717) is 11.5 Å². The van der Waals surface area contributed by atoms with Crippen molar-refractivity contribution in [2.24, 2.45) is 9.98 Å². The lowest BCUT2D eigenvalue weighted by Gasteiger charge is -2.39. The van der Waals surface area contributed by atoms with Crippen LogP contribution in [0.15, 0.2) is 223 Å². The first kappa shape index (κ1) is 38.3. The Balaban J connectivity index is 1.09. The van der Waals surface area contributed by atoms with Crippen molar-refractivity contribution >= 4 is 70.6 Å². The fourth-order valence-electron chi connectivity index (χ4n) is 10.9. The second-order valence-corrected chi connectivity index (χ2v) is 18.2. The Morgan fingerprint density at radius 1 is 0.561 bits per heavy atom. The molecular weight excluding hydrogens is 823 g/mol. The van der Waals surface area contributed by atoms with E-state index >= 15 is 0 Å². The van der Waals surface area contributed by atoms with Crippen LogP contribution in [0.3, 0.4) is 0 Å². The van der Waals surface area contributed by atoms with Gasteiger partial charge >= 0.3 is 0 Å². The summed E-state index contributed by atoms with van der Waals surface area (Å²) in [5.74, 6) is 2.33. The second kappa shape index (κ2) is 15.0. The molecule has 2 aliphatic rings. The number of thiophene rings is 1. The number of hydrogen-bond acceptors (Lipinski definition) is 3. The Hall–Kier alpha value is -8.12. The van der Waals surface area contributed by atoms with E-state index < -0.39 is 5.41 Å². The third-order valence-corrected chi connectivity index (χ3v) is 14.9. The summed E-state index contributed by atoms with van der Waals surface area (Å²) in [6.07, 6.45) is 0.750. The maximum absolute atomic E-state index is 6.74. The van der Waals surface area contributed by atoms with Gasteiger partial charge in [0, 0.05) is 64.6 Å². The van der Waals surface area contributed by atoms with Gasteiger partial charge in [-0.05, 0) is 76.7 Å². The van der Waals surface area contributed by atoms with Crippen molar-refractivity contribution in [1.82, 2.24) is 4.57 Å². The highest BCUT2D eigenvalue weighted by molar-refractivity contribution is 7.26. The van der Waals surface area contributed by atoms with E-state index in [0.717, 1.165) is 68.3 Å². The zero-order valence-corrected chi connectivity index (χ0v) is 37.0. The van der Waals surface area contributed by atoms with Crippen LogP contribution in [0.1, 0.15) is 52.3 Å². The lowest BCUT2D eigenvalue weighted by atomic mass is 9.66. The second-order valence-electron chi connectivity index (χ2n) is 17.1. The van der Waals surface area contributed by atoms with Crippen molar-refractivity contribution in [3.63, 3.8) is 0 Å². The molecule has 13 rings (SSSR count). The first-order valence-corrected chi connectivity index (χ1v) is 23.4. The van der Waals surface area contributed by atoms with E-state index in [9.17, 15) is 0 Å². The average Bonchev–Trinajstić information content (AvgIpc) is 4.02. The predicted molar refractivity (Wildman–Crippen MR) is 276 cm³/mol. The number of rotatable bonds is 6. The van der Waals surface area contributed by atoms with Crippen molar-refractivity contribution in [2.45, 2.75) is 18.8 Å². The van der Waals surface area contributed by atoms with E-state index in [4.69, 9.17) is 21.3 Å². The SMILES string of the molecule is C=C(N=C(N=C(CC)c1ccccc1)c1ccccc1)c1cccc2c1-c1cc(-n3c4ccccc4c4c5sc6ccccc6c5ccc43)ccc1C21c2ccccc2Oc2ccccc21. The molecule has 1 spiro atoms. The van der Waals surface area contributed by atoms with Crippen LogP contribution >= 0.6 is 11.3 Å². The summed E-state index contributed by atoms with van der Waals surface area (Å²) in [7, 11) is 0. The molecule has 0 radical (unpaired) electrons. The zero-order chi connectivity index (χ0) is 43.9. The van der Waals surface area contributed by atoms with Gasteiger partial charge in [0.2, 0.25) is 0 Å². The molecule has 5 heteroatoms. The number of fused-ring (bicyclic) bond motifs is 16. The number of benzene rings is 9. The summed E-state index contributed by atoms with van der Waals surface area (Å²) < 4.78 is 11.8. The minimum absolute atomic E-state index is 0.625. The molecule has 0 N–H and O–H groups in total. The molecule has 0 unspecified atom stereocenters.